The molecular formula is C8H3F3N2O2. The SMILES string of the molecule is N#Cc1c(C(F)F)ncc(C(=O)O)c1F. The standard InChI is InChI=1S/C8H3F3N2O2/c9-5-3(1-12)6(7(10)11)13-2-4(5)8(14)15/h2,7H,(H,14,15). The van der Waals surface area contributed by atoms with Crippen molar-refractivity contribution >= 4 is 5.97 Å². The number of nitrogens with zero attached hydrogens (tertiary/aromatic N) is 2. The molecule has 0 fully saturated rings. The van der Waals surface area contributed by atoms with Crippen LogP contribution in [0.3, 0.4) is 0 Å². The molecule has 0 unspecified atom stereocenters. The van der Waals surface area contributed by atoms with Gasteiger partial charge in [-0.1, -0.05) is 0 Å². The molecule has 0 spiro atoms. The maximum Gasteiger partial charge on any atom is 0.340 e. The average Bonchev–Trinajstić information content (AvgIpc) is 2.16. The predicted molar refractivity (Wildman–Crippen MR) is 40.8 cm³/mol. The number of alkyl halides is 2. The molecular weight excluding hydrogens is 213 g/mol. The number of carbonyl (C=O) groups is 1. The first-order chi connectivity index (χ1) is 6.99. The highest BCUT2D eigenvalue weighted by atomic mass is 19.3. The summed E-state index contributed by atoms with van der Waals surface area (Å²) in [5.41, 5.74) is -3.00. The molecule has 1 rings (SSSR count). The number of hydrogen-bond acceptors (Lipinski definition) is 3. The summed E-state index contributed by atoms with van der Waals surface area (Å²) in [4.78, 5) is 13.4. The molecule has 0 aliphatic rings. The quantitative estimate of drug-likeness (QED) is 0.816. The Kier molecular flexibility index (Phi) is 2.90. The van der Waals surface area contributed by atoms with E-state index in [0.29, 0.717) is 6.20 Å². The fourth-order valence-corrected chi connectivity index (χ4v) is 0.923. The monoisotopic (exact) mass is 216 g/mol. The number of pyridine rings is 1. The number of carboxylic acids is 1. The lowest BCUT2D eigenvalue weighted by Crippen LogP contribution is -2.07. The molecule has 1 aromatic heterocycles. The van der Waals surface area contributed by atoms with E-state index in [9.17, 15) is 18.0 Å². The van der Waals surface area contributed by atoms with Crippen LogP contribution in [0.25, 0.3) is 0 Å². The Morgan fingerprint density at radius 2 is 2.20 bits per heavy atom. The Bertz CT molecular complexity index is 454. The highest BCUT2D eigenvalue weighted by Crippen LogP contribution is 2.23. The number of nitriles is 1. The average molecular weight is 216 g/mol. The van der Waals surface area contributed by atoms with E-state index in [1.807, 2.05) is 0 Å². The minimum absolute atomic E-state index is 0.458. The van der Waals surface area contributed by atoms with Crippen LogP contribution in [0.4, 0.5) is 13.2 Å². The zero-order valence-electron chi connectivity index (χ0n) is 7.04. The second kappa shape index (κ2) is 3.96. The first-order valence-corrected chi connectivity index (χ1v) is 3.59. The lowest BCUT2D eigenvalue weighted by molar-refractivity contribution is 0.0690. The Labute approximate surface area is 81.6 Å². The van der Waals surface area contributed by atoms with Crippen LogP contribution in [0.1, 0.15) is 28.0 Å². The maximum atomic E-state index is 13.2. The molecule has 1 N–H and O–H groups in total. The third-order valence-corrected chi connectivity index (χ3v) is 1.59. The molecule has 0 aliphatic carbocycles. The third kappa shape index (κ3) is 1.88. The van der Waals surface area contributed by atoms with Gasteiger partial charge >= 0.3 is 5.97 Å². The predicted octanol–water partition coefficient (Wildman–Crippen LogP) is 1.73. The molecule has 15 heavy (non-hydrogen) atoms. The number of rotatable bonds is 2. The largest absolute Gasteiger partial charge is 0.478 e. The van der Waals surface area contributed by atoms with Crippen molar-refractivity contribution in [2.24, 2.45) is 0 Å². The Hall–Kier alpha value is -2.10. The van der Waals surface area contributed by atoms with Gasteiger partial charge in [-0.25, -0.2) is 18.0 Å². The zero-order valence-corrected chi connectivity index (χ0v) is 7.04. The van der Waals surface area contributed by atoms with Crippen molar-refractivity contribution in [3.05, 3.63) is 28.8 Å². The highest BCUT2D eigenvalue weighted by molar-refractivity contribution is 5.88. The molecule has 4 nitrogen and oxygen atoms in total. The second-order valence-corrected chi connectivity index (χ2v) is 2.46. The van der Waals surface area contributed by atoms with Crippen molar-refractivity contribution in [2.45, 2.75) is 6.43 Å². The van der Waals surface area contributed by atoms with E-state index in [-0.39, 0.29) is 0 Å². The van der Waals surface area contributed by atoms with Crippen LogP contribution in [0.5, 0.6) is 0 Å². The van der Waals surface area contributed by atoms with Crippen molar-refractivity contribution in [1.29, 1.82) is 5.26 Å². The molecule has 0 bridgehead atoms. The van der Waals surface area contributed by atoms with Crippen LogP contribution in [0, 0.1) is 17.1 Å². The second-order valence-electron chi connectivity index (χ2n) is 2.46. The van der Waals surface area contributed by atoms with E-state index >= 15 is 0 Å². The number of aromatic carboxylic acids is 1. The van der Waals surface area contributed by atoms with Crippen LogP contribution >= 0.6 is 0 Å². The molecule has 0 saturated carbocycles. The van der Waals surface area contributed by atoms with Gasteiger partial charge in [-0.15, -0.1) is 0 Å². The first-order valence-electron chi connectivity index (χ1n) is 3.59. The fraction of sp³-hybridized carbons (Fsp3) is 0.125. The van der Waals surface area contributed by atoms with Crippen molar-refractivity contribution in [3.8, 4) is 6.07 Å². The number of halogens is 3. The zero-order chi connectivity index (χ0) is 11.6. The molecule has 0 amide bonds. The molecule has 0 saturated heterocycles. The minimum Gasteiger partial charge on any atom is -0.478 e. The van der Waals surface area contributed by atoms with E-state index in [1.54, 1.807) is 0 Å². The van der Waals surface area contributed by atoms with Gasteiger partial charge in [-0.05, 0) is 0 Å². The Morgan fingerprint density at radius 3 is 2.60 bits per heavy atom. The van der Waals surface area contributed by atoms with Crippen molar-refractivity contribution in [2.75, 3.05) is 0 Å². The van der Waals surface area contributed by atoms with Crippen LogP contribution in [-0.2, 0) is 0 Å². The first kappa shape index (κ1) is 11.0. The van der Waals surface area contributed by atoms with Gasteiger partial charge in [-0.2, -0.15) is 5.26 Å². The molecule has 7 heteroatoms. The van der Waals surface area contributed by atoms with Gasteiger partial charge in [0.1, 0.15) is 22.9 Å². The van der Waals surface area contributed by atoms with Gasteiger partial charge in [-0.3, -0.25) is 4.98 Å². The summed E-state index contributed by atoms with van der Waals surface area (Å²) in [7, 11) is 0. The fourth-order valence-electron chi connectivity index (χ4n) is 0.923. The van der Waals surface area contributed by atoms with Gasteiger partial charge in [0.05, 0.1) is 0 Å². The Balaban J connectivity index is 3.48. The van der Waals surface area contributed by atoms with Gasteiger partial charge < -0.3 is 5.11 Å². The van der Waals surface area contributed by atoms with Crippen molar-refractivity contribution in [3.63, 3.8) is 0 Å². The molecule has 0 radical (unpaired) electrons. The summed E-state index contributed by atoms with van der Waals surface area (Å²) in [5, 5.41) is 16.8. The van der Waals surface area contributed by atoms with E-state index in [0.717, 1.165) is 6.07 Å². The van der Waals surface area contributed by atoms with Crippen LogP contribution in [0.2, 0.25) is 0 Å². The highest BCUT2D eigenvalue weighted by Gasteiger charge is 2.23. The number of hydrogen-bond donors (Lipinski definition) is 1. The Morgan fingerprint density at radius 1 is 1.60 bits per heavy atom. The summed E-state index contributed by atoms with van der Waals surface area (Å²) in [6.45, 7) is 0. The lowest BCUT2D eigenvalue weighted by atomic mass is 10.1. The normalized spacial score (nSPS) is 10.1. The van der Waals surface area contributed by atoms with Crippen LogP contribution in [0.15, 0.2) is 6.20 Å². The van der Waals surface area contributed by atoms with E-state index in [4.69, 9.17) is 10.4 Å². The summed E-state index contributed by atoms with van der Waals surface area (Å²) in [6.07, 6.45) is -2.67. The molecule has 1 aromatic rings. The molecule has 78 valence electrons. The van der Waals surface area contributed by atoms with E-state index in [1.165, 1.54) is 0 Å². The number of carboxylic acid groups (broad SMARTS) is 1. The molecule has 0 aliphatic heterocycles. The van der Waals surface area contributed by atoms with Gasteiger partial charge in [0.25, 0.3) is 6.43 Å². The summed E-state index contributed by atoms with van der Waals surface area (Å²) in [6, 6.07) is 1.16. The minimum atomic E-state index is -3.13. The molecule has 0 atom stereocenters. The summed E-state index contributed by atoms with van der Waals surface area (Å²) in [5.74, 6) is -3.16. The molecule has 1 heterocycles. The van der Waals surface area contributed by atoms with E-state index in [2.05, 4.69) is 4.98 Å². The third-order valence-electron chi connectivity index (χ3n) is 1.59. The lowest BCUT2D eigenvalue weighted by Gasteiger charge is -2.04. The smallest absolute Gasteiger partial charge is 0.340 e. The van der Waals surface area contributed by atoms with Crippen molar-refractivity contribution < 1.29 is 23.1 Å². The number of aromatic nitrogens is 1. The van der Waals surface area contributed by atoms with Crippen LogP contribution in [-0.4, -0.2) is 16.1 Å². The maximum absolute atomic E-state index is 13.2. The summed E-state index contributed by atoms with van der Waals surface area (Å²) >= 11 is 0. The van der Waals surface area contributed by atoms with Gasteiger partial charge in [0, 0.05) is 6.20 Å². The van der Waals surface area contributed by atoms with Gasteiger partial charge in [0.2, 0.25) is 0 Å². The van der Waals surface area contributed by atoms with E-state index < -0.39 is 35.0 Å². The summed E-state index contributed by atoms with van der Waals surface area (Å²) < 4.78 is 37.6. The van der Waals surface area contributed by atoms with Crippen LogP contribution < -0.4 is 0 Å². The van der Waals surface area contributed by atoms with Crippen molar-refractivity contribution in [1.82, 2.24) is 4.98 Å². The topological polar surface area (TPSA) is 74.0 Å². The molecule has 0 aromatic carbocycles. The van der Waals surface area contributed by atoms with Gasteiger partial charge in [0.15, 0.2) is 5.82 Å².